The molecular weight excluding hydrogens is 773 g/mol. The second-order valence-electron chi connectivity index (χ2n) is 16.5. The van der Waals surface area contributed by atoms with Gasteiger partial charge in [0.25, 0.3) is 5.56 Å². The van der Waals surface area contributed by atoms with Gasteiger partial charge in [0.2, 0.25) is 27.8 Å². The summed E-state index contributed by atoms with van der Waals surface area (Å²) in [6, 6.07) is 13.6. The van der Waals surface area contributed by atoms with Crippen LogP contribution in [0.5, 0.6) is 0 Å². The fourth-order valence-electron chi connectivity index (χ4n) is 9.59. The van der Waals surface area contributed by atoms with Gasteiger partial charge in [0.05, 0.1) is 21.6 Å². The third-order valence-corrected chi connectivity index (χ3v) is 14.7. The smallest absolute Gasteiger partial charge is 0.329 e. The zero-order valence-electron chi connectivity index (χ0n) is 33.5. The van der Waals surface area contributed by atoms with Crippen molar-refractivity contribution in [1.29, 1.82) is 0 Å². The van der Waals surface area contributed by atoms with Gasteiger partial charge in [0.1, 0.15) is 11.7 Å². The second kappa shape index (κ2) is 15.7. The molecule has 4 aliphatic rings. The number of nitrogens with zero attached hydrogens (tertiary/aromatic N) is 8. The number of para-hydroxylation sites is 1. The first-order valence-corrected chi connectivity index (χ1v) is 22.2. The lowest BCUT2D eigenvalue weighted by atomic mass is 9.97. The van der Waals surface area contributed by atoms with Crippen LogP contribution in [0.4, 0.5) is 17.3 Å². The van der Waals surface area contributed by atoms with E-state index in [1.165, 1.54) is 4.57 Å². The summed E-state index contributed by atoms with van der Waals surface area (Å²) in [4.78, 5) is 65.0. The highest BCUT2D eigenvalue weighted by Gasteiger charge is 2.34. The number of pyridine rings is 1. The lowest BCUT2D eigenvalue weighted by Gasteiger charge is -2.39. The molecule has 1 atom stereocenters. The zero-order chi connectivity index (χ0) is 41.0. The molecule has 2 aromatic carbocycles. The van der Waals surface area contributed by atoms with Gasteiger partial charge in [-0.2, -0.15) is 9.29 Å². The maximum Gasteiger partial charge on any atom is 0.329 e. The molecule has 310 valence electrons. The molecule has 5 aromatic rings. The van der Waals surface area contributed by atoms with Gasteiger partial charge in [-0.05, 0) is 86.9 Å². The first-order valence-electron chi connectivity index (χ1n) is 20.7. The molecule has 2 amide bonds. The molecule has 9 rings (SSSR count). The van der Waals surface area contributed by atoms with E-state index in [2.05, 4.69) is 25.4 Å². The van der Waals surface area contributed by atoms with E-state index < -0.39 is 22.0 Å². The zero-order valence-corrected chi connectivity index (χ0v) is 34.3. The minimum Gasteiger partial charge on any atom is -0.367 e. The lowest BCUT2D eigenvalue weighted by molar-refractivity contribution is -0.135. The van der Waals surface area contributed by atoms with Gasteiger partial charge in [0, 0.05) is 88.7 Å². The summed E-state index contributed by atoms with van der Waals surface area (Å²) in [5, 5.41) is 6.43. The van der Waals surface area contributed by atoms with Gasteiger partial charge in [-0.15, -0.1) is 0 Å². The van der Waals surface area contributed by atoms with E-state index in [1.54, 1.807) is 57.0 Å². The van der Waals surface area contributed by atoms with E-state index >= 15 is 0 Å². The number of piperazine rings is 1. The Morgan fingerprint density at radius 1 is 0.864 bits per heavy atom. The molecule has 17 heteroatoms. The van der Waals surface area contributed by atoms with E-state index in [1.807, 2.05) is 25.1 Å². The summed E-state index contributed by atoms with van der Waals surface area (Å²) in [6.07, 6.45) is 7.84. The number of carbonyl (C=O) groups is 2. The average Bonchev–Trinajstić information content (AvgIpc) is 3.85. The maximum atomic E-state index is 13.9. The van der Waals surface area contributed by atoms with Crippen LogP contribution in [0.25, 0.3) is 22.1 Å². The number of fused-ring (bicyclic) bond motifs is 2. The number of hydrogen-bond donors (Lipinski definition) is 2. The highest BCUT2D eigenvalue weighted by atomic mass is 32.2. The number of nitrogens with one attached hydrogen (secondary N) is 2. The minimum atomic E-state index is -3.70. The Labute approximate surface area is 341 Å². The normalized spacial score (nSPS) is 20.5. The number of sulfonamides is 1. The number of imide groups is 1. The SMILES string of the molecule is Cc1cc(S(=O)(=O)N2CCC(CN3CCN(c4cccc5c4n(C)c(=O)n5C4CCC(=O)NC4=O)CC3)CC2)ccc1Nc1ncc2ccc(=O)n(C3CCCC3)c2n1. The number of benzene rings is 2. The van der Waals surface area contributed by atoms with Crippen molar-refractivity contribution in [3.05, 3.63) is 81.1 Å². The Morgan fingerprint density at radius 2 is 1.63 bits per heavy atom. The van der Waals surface area contributed by atoms with E-state index in [-0.39, 0.29) is 34.5 Å². The molecule has 59 heavy (non-hydrogen) atoms. The molecule has 3 saturated heterocycles. The van der Waals surface area contributed by atoms with Crippen LogP contribution in [0.1, 0.15) is 69.0 Å². The summed E-state index contributed by atoms with van der Waals surface area (Å²) < 4.78 is 34.2. The third-order valence-electron chi connectivity index (χ3n) is 12.8. The van der Waals surface area contributed by atoms with Crippen LogP contribution < -0.4 is 26.8 Å². The monoisotopic (exact) mass is 822 g/mol. The largest absolute Gasteiger partial charge is 0.367 e. The molecule has 3 aromatic heterocycles. The quantitative estimate of drug-likeness (QED) is 0.207. The number of amides is 2. The molecule has 4 fully saturated rings. The Balaban J connectivity index is 0.807. The predicted octanol–water partition coefficient (Wildman–Crippen LogP) is 3.81. The lowest BCUT2D eigenvalue weighted by Crippen LogP contribution is -2.49. The molecule has 0 radical (unpaired) electrons. The fourth-order valence-corrected chi connectivity index (χ4v) is 11.1. The van der Waals surface area contributed by atoms with Crippen LogP contribution in [0.2, 0.25) is 0 Å². The number of imidazole rings is 1. The van der Waals surface area contributed by atoms with E-state index in [0.717, 1.165) is 93.4 Å². The highest BCUT2D eigenvalue weighted by Crippen LogP contribution is 2.33. The second-order valence-corrected chi connectivity index (χ2v) is 18.5. The minimum absolute atomic E-state index is 0.0640. The molecule has 1 aliphatic carbocycles. The van der Waals surface area contributed by atoms with Crippen LogP contribution in [0.15, 0.2) is 69.2 Å². The van der Waals surface area contributed by atoms with Gasteiger partial charge in [0.15, 0.2) is 0 Å². The van der Waals surface area contributed by atoms with Crippen molar-refractivity contribution in [1.82, 2.24) is 38.2 Å². The van der Waals surface area contributed by atoms with Crippen molar-refractivity contribution < 1.29 is 18.0 Å². The maximum absolute atomic E-state index is 13.9. The van der Waals surface area contributed by atoms with Gasteiger partial charge in [-0.25, -0.2) is 18.2 Å². The van der Waals surface area contributed by atoms with Gasteiger partial charge >= 0.3 is 5.69 Å². The third kappa shape index (κ3) is 7.33. The van der Waals surface area contributed by atoms with Crippen LogP contribution in [-0.4, -0.2) is 98.9 Å². The summed E-state index contributed by atoms with van der Waals surface area (Å²) >= 11 is 0. The van der Waals surface area contributed by atoms with Gasteiger partial charge in [-0.1, -0.05) is 18.9 Å². The summed E-state index contributed by atoms with van der Waals surface area (Å²) in [5.74, 6) is -0.0377. The van der Waals surface area contributed by atoms with Crippen molar-refractivity contribution >= 4 is 61.2 Å². The molecule has 6 heterocycles. The predicted molar refractivity (Wildman–Crippen MR) is 225 cm³/mol. The molecule has 2 N–H and O–H groups in total. The Hall–Kier alpha value is -5.39. The molecule has 1 saturated carbocycles. The van der Waals surface area contributed by atoms with Crippen LogP contribution >= 0.6 is 0 Å². The number of aryl methyl sites for hydroxylation is 2. The van der Waals surface area contributed by atoms with Crippen LogP contribution in [-0.2, 0) is 26.7 Å². The molecule has 0 bridgehead atoms. The number of piperidine rings is 2. The highest BCUT2D eigenvalue weighted by molar-refractivity contribution is 7.89. The Bertz CT molecular complexity index is 2690. The number of rotatable bonds is 9. The molecule has 16 nitrogen and oxygen atoms in total. The number of carbonyl (C=O) groups excluding carboxylic acids is 2. The average molecular weight is 823 g/mol. The number of aromatic nitrogens is 5. The van der Waals surface area contributed by atoms with Gasteiger partial charge < -0.3 is 10.2 Å². The van der Waals surface area contributed by atoms with E-state index in [9.17, 15) is 27.6 Å². The number of hydrogen-bond acceptors (Lipinski definition) is 11. The molecular formula is C42H50N10O6S. The topological polar surface area (TPSA) is 177 Å². The van der Waals surface area contributed by atoms with Crippen LogP contribution in [0.3, 0.4) is 0 Å². The molecule has 0 spiro atoms. The van der Waals surface area contributed by atoms with Crippen molar-refractivity contribution in [2.45, 2.75) is 75.3 Å². The van der Waals surface area contributed by atoms with Gasteiger partial charge in [-0.3, -0.25) is 38.3 Å². The summed E-state index contributed by atoms with van der Waals surface area (Å²) in [7, 11) is -1.97. The van der Waals surface area contributed by atoms with E-state index in [0.29, 0.717) is 48.2 Å². The standard InChI is InChI=1S/C42H50N10O6S/c1-27-24-31(11-12-32(27)44-41-43-25-29-10-15-37(54)51(39(29)46-41)30-6-3-4-7-30)59(57,58)50-18-16-28(17-19-50)26-48-20-22-49(23-21-48)33-8-5-9-34-38(33)47(2)42(56)52(34)35-13-14-36(53)45-40(35)55/h5,8-12,15,24-25,28,30,35H,3-4,6-7,13-14,16-23,26H2,1-2H3,(H,43,44,46)(H,45,53,55). The summed E-state index contributed by atoms with van der Waals surface area (Å²) in [6.45, 7) is 6.87. The van der Waals surface area contributed by atoms with E-state index in [4.69, 9.17) is 4.98 Å². The first kappa shape index (κ1) is 39.1. The molecule has 1 unspecified atom stereocenters. The fraction of sp³-hybridized carbons (Fsp3) is 0.476. The van der Waals surface area contributed by atoms with Crippen molar-refractivity contribution in [2.24, 2.45) is 13.0 Å². The Morgan fingerprint density at radius 3 is 2.36 bits per heavy atom. The van der Waals surface area contributed by atoms with Crippen LogP contribution in [0, 0.1) is 12.8 Å². The molecule has 3 aliphatic heterocycles. The van der Waals surface area contributed by atoms with Crippen molar-refractivity contribution in [3.8, 4) is 0 Å². The van der Waals surface area contributed by atoms with Crippen molar-refractivity contribution in [3.63, 3.8) is 0 Å². The first-order chi connectivity index (χ1) is 28.5. The number of anilines is 3. The Kier molecular flexibility index (Phi) is 10.4. The summed E-state index contributed by atoms with van der Waals surface area (Å²) in [5.41, 5.74) is 4.10. The van der Waals surface area contributed by atoms with Crippen molar-refractivity contribution in [2.75, 3.05) is 56.0 Å².